The highest BCUT2D eigenvalue weighted by Gasteiger charge is 2.52. The van der Waals surface area contributed by atoms with Crippen molar-refractivity contribution in [2.45, 2.75) is 37.8 Å². The number of nitrogens with zero attached hydrogens (tertiary/aromatic N) is 1. The topological polar surface area (TPSA) is 4.93 Å². The first-order valence-corrected chi connectivity index (χ1v) is 18.2. The zero-order valence-electron chi connectivity index (χ0n) is 25.6. The van der Waals surface area contributed by atoms with E-state index in [4.69, 9.17) is 0 Å². The molecule has 210 valence electrons. The van der Waals surface area contributed by atoms with Gasteiger partial charge in [-0.2, -0.15) is 0 Å². The zero-order valence-corrected chi connectivity index (χ0v) is 26.6. The second-order valence-corrected chi connectivity index (χ2v) is 15.9. The van der Waals surface area contributed by atoms with E-state index in [-0.39, 0.29) is 5.41 Å². The monoisotopic (exact) mass is 580 g/mol. The molecule has 1 atom stereocenters. The Labute approximate surface area is 261 Å². The molecule has 0 saturated heterocycles. The molecule has 0 fully saturated rings. The number of para-hydroxylation sites is 3. The van der Waals surface area contributed by atoms with Crippen LogP contribution in [-0.2, 0) is 10.8 Å². The largest absolute Gasteiger partial charge is 0.345 e. The molecule has 0 N–H and O–H groups in total. The molecule has 2 heteroatoms. The van der Waals surface area contributed by atoms with Crippen LogP contribution in [0.15, 0.2) is 133 Å². The summed E-state index contributed by atoms with van der Waals surface area (Å²) in [5.41, 5.74) is 14.1. The zero-order chi connectivity index (χ0) is 29.8. The Balaban J connectivity index is 1.47. The van der Waals surface area contributed by atoms with Crippen LogP contribution < -0.4 is 5.19 Å². The molecule has 0 bridgehead atoms. The van der Waals surface area contributed by atoms with Crippen molar-refractivity contribution in [3.05, 3.63) is 167 Å². The quantitative estimate of drug-likeness (QED) is 0.179. The molecule has 1 nitrogen and oxygen atoms in total. The molecule has 0 amide bonds. The lowest BCUT2D eigenvalue weighted by Crippen LogP contribution is -2.44. The minimum absolute atomic E-state index is 0.145. The summed E-state index contributed by atoms with van der Waals surface area (Å²) in [7, 11) is -0.491. The molecule has 44 heavy (non-hydrogen) atoms. The first kappa shape index (κ1) is 25.8. The molecule has 1 unspecified atom stereocenters. The standard InChI is InChI=1S/C42H34NSi/c1-41(2)32-14-6-7-15-34(32)42(37-26-28(22-25-33(37)41)27-20-23-29(24-21-27)44(3)4)35-16-8-10-19-39(35)43-38-18-9-5-12-30(38)31-13-11-17-36(42)40(31)43/h5-26H,1-4H3/q+1. The molecule has 6 aromatic carbocycles. The van der Waals surface area contributed by atoms with Crippen molar-refractivity contribution in [1.82, 2.24) is 4.57 Å². The molecule has 0 saturated carbocycles. The Bertz CT molecular complexity index is 2280. The predicted octanol–water partition coefficient (Wildman–Crippen LogP) is 9.75. The molecule has 9 rings (SSSR count). The van der Waals surface area contributed by atoms with Gasteiger partial charge in [0.15, 0.2) is 0 Å². The minimum atomic E-state index is -0.491. The number of hydrogen-bond donors (Lipinski definition) is 0. The van der Waals surface area contributed by atoms with Crippen molar-refractivity contribution in [1.29, 1.82) is 0 Å². The fourth-order valence-electron chi connectivity index (χ4n) is 8.50. The highest BCUT2D eigenvalue weighted by molar-refractivity contribution is 6.70. The van der Waals surface area contributed by atoms with Crippen molar-refractivity contribution >= 4 is 35.8 Å². The van der Waals surface area contributed by atoms with Gasteiger partial charge >= 0.3 is 8.80 Å². The lowest BCUT2D eigenvalue weighted by Gasteiger charge is -2.50. The lowest BCUT2D eigenvalue weighted by atomic mass is 9.53. The van der Waals surface area contributed by atoms with E-state index >= 15 is 0 Å². The molecule has 7 aromatic rings. The van der Waals surface area contributed by atoms with Gasteiger partial charge in [0.1, 0.15) is 0 Å². The summed E-state index contributed by atoms with van der Waals surface area (Å²) in [5.74, 6) is 0. The van der Waals surface area contributed by atoms with E-state index < -0.39 is 14.2 Å². The van der Waals surface area contributed by atoms with Crippen LogP contribution in [0.4, 0.5) is 0 Å². The lowest BCUT2D eigenvalue weighted by molar-refractivity contribution is 0.556. The van der Waals surface area contributed by atoms with Crippen molar-refractivity contribution in [2.24, 2.45) is 0 Å². The first-order chi connectivity index (χ1) is 21.4. The van der Waals surface area contributed by atoms with E-state index in [0.717, 1.165) is 0 Å². The van der Waals surface area contributed by atoms with Gasteiger partial charge in [-0.3, -0.25) is 0 Å². The number of benzene rings is 6. The maximum atomic E-state index is 2.53. The van der Waals surface area contributed by atoms with Gasteiger partial charge in [0.2, 0.25) is 0 Å². The fourth-order valence-corrected chi connectivity index (χ4v) is 9.34. The second kappa shape index (κ2) is 8.94. The molecule has 1 spiro atoms. The summed E-state index contributed by atoms with van der Waals surface area (Å²) in [6, 6.07) is 50.9. The number of fused-ring (bicyclic) bond motifs is 11. The van der Waals surface area contributed by atoms with Crippen LogP contribution in [0.3, 0.4) is 0 Å². The fraction of sp³-hybridized carbons (Fsp3) is 0.143. The molecular formula is C42H34NSi+. The molecule has 1 aliphatic heterocycles. The van der Waals surface area contributed by atoms with Crippen molar-refractivity contribution in [2.75, 3.05) is 0 Å². The predicted molar refractivity (Wildman–Crippen MR) is 187 cm³/mol. The summed E-state index contributed by atoms with van der Waals surface area (Å²) >= 11 is 0. The van der Waals surface area contributed by atoms with E-state index in [1.807, 2.05) is 0 Å². The second-order valence-electron chi connectivity index (χ2n) is 13.3. The Morgan fingerprint density at radius 3 is 1.91 bits per heavy atom. The van der Waals surface area contributed by atoms with Crippen molar-refractivity contribution < 1.29 is 0 Å². The highest BCUT2D eigenvalue weighted by atomic mass is 28.3. The van der Waals surface area contributed by atoms with Gasteiger partial charge in [0.05, 0.1) is 40.4 Å². The maximum Gasteiger partial charge on any atom is 0.345 e. The third-order valence-corrected chi connectivity index (χ3v) is 12.0. The third-order valence-electron chi connectivity index (χ3n) is 10.5. The van der Waals surface area contributed by atoms with Crippen LogP contribution in [0.1, 0.15) is 47.2 Å². The summed E-state index contributed by atoms with van der Waals surface area (Å²) in [4.78, 5) is 0. The van der Waals surface area contributed by atoms with Gasteiger partial charge in [-0.25, -0.2) is 0 Å². The summed E-state index contributed by atoms with van der Waals surface area (Å²) in [6.07, 6.45) is 0. The van der Waals surface area contributed by atoms with Crippen molar-refractivity contribution in [3.63, 3.8) is 0 Å². The highest BCUT2D eigenvalue weighted by Crippen LogP contribution is 2.60. The van der Waals surface area contributed by atoms with Crippen LogP contribution in [-0.4, -0.2) is 13.4 Å². The number of aromatic nitrogens is 1. The summed E-state index contributed by atoms with van der Waals surface area (Å²) in [6.45, 7) is 9.54. The maximum absolute atomic E-state index is 2.53. The average Bonchev–Trinajstić information content (AvgIpc) is 3.40. The Morgan fingerprint density at radius 1 is 0.500 bits per heavy atom. The SMILES string of the molecule is C[Si+](C)c1ccc(-c2ccc3c(c2)C2(c4ccccc4-n4c5ccccc5c5cccc2c54)c2ccccc2C3(C)C)cc1. The Morgan fingerprint density at radius 2 is 1.11 bits per heavy atom. The van der Waals surface area contributed by atoms with Gasteiger partial charge < -0.3 is 4.57 Å². The summed E-state index contributed by atoms with van der Waals surface area (Å²) in [5, 5.41) is 4.10. The average molecular weight is 581 g/mol. The van der Waals surface area contributed by atoms with Gasteiger partial charge in [0.25, 0.3) is 0 Å². The van der Waals surface area contributed by atoms with E-state index in [1.54, 1.807) is 0 Å². The molecule has 1 aromatic heterocycles. The van der Waals surface area contributed by atoms with Gasteiger partial charge in [-0.1, -0.05) is 117 Å². The number of rotatable bonds is 2. The van der Waals surface area contributed by atoms with Crippen LogP contribution in [0, 0.1) is 0 Å². The Hall–Kier alpha value is -4.66. The van der Waals surface area contributed by atoms with E-state index in [2.05, 4.69) is 165 Å². The van der Waals surface area contributed by atoms with Crippen molar-refractivity contribution in [3.8, 4) is 16.8 Å². The molecular weight excluding hydrogens is 547 g/mol. The van der Waals surface area contributed by atoms with E-state index in [0.29, 0.717) is 0 Å². The third kappa shape index (κ3) is 3.14. The van der Waals surface area contributed by atoms with Crippen LogP contribution in [0.25, 0.3) is 38.6 Å². The smallest absolute Gasteiger partial charge is 0.309 e. The molecule has 2 heterocycles. The first-order valence-electron chi connectivity index (χ1n) is 15.7. The van der Waals surface area contributed by atoms with E-state index in [9.17, 15) is 0 Å². The van der Waals surface area contributed by atoms with Gasteiger partial charge in [-0.05, 0) is 74.8 Å². The Kier molecular flexibility index (Phi) is 5.24. The molecule has 2 aliphatic rings. The van der Waals surface area contributed by atoms with Crippen LogP contribution in [0.2, 0.25) is 13.1 Å². The van der Waals surface area contributed by atoms with Gasteiger partial charge in [0, 0.05) is 16.2 Å². The minimum Gasteiger partial charge on any atom is -0.309 e. The van der Waals surface area contributed by atoms with E-state index in [1.165, 1.54) is 77.2 Å². The number of hydrogen-bond acceptors (Lipinski definition) is 0. The van der Waals surface area contributed by atoms with Gasteiger partial charge in [-0.15, -0.1) is 0 Å². The molecule has 0 radical (unpaired) electrons. The normalized spacial score (nSPS) is 17.4. The summed E-state index contributed by atoms with van der Waals surface area (Å²) < 4.78 is 2.53. The van der Waals surface area contributed by atoms with Crippen LogP contribution >= 0.6 is 0 Å². The van der Waals surface area contributed by atoms with Crippen LogP contribution in [0.5, 0.6) is 0 Å². The molecule has 1 aliphatic carbocycles.